The zero-order valence-electron chi connectivity index (χ0n) is 20.6. The number of ether oxygens (including phenoxy) is 1. The van der Waals surface area contributed by atoms with Crippen LogP contribution in [0.5, 0.6) is 0 Å². The Bertz CT molecular complexity index is 968. The highest BCUT2D eigenvalue weighted by atomic mass is 16.5. The number of fused-ring (bicyclic) bond motifs is 1. The van der Waals surface area contributed by atoms with E-state index in [4.69, 9.17) is 9.84 Å². The first kappa shape index (κ1) is 27.1. The SMILES string of the molecule is CC(C)CC1C[C@@H]2OCC[C@@H](C(=O)NCC(=O)N[C@@H](Cc3ccccc3)C(=O)NCC(=O)O)N2C1=O. The number of aliphatic carboxylic acids is 1. The molecule has 2 heterocycles. The van der Waals surface area contributed by atoms with E-state index in [1.165, 1.54) is 4.90 Å². The number of nitrogens with zero attached hydrogens (tertiary/aromatic N) is 1. The second kappa shape index (κ2) is 12.5. The Hall–Kier alpha value is -3.47. The molecule has 2 aliphatic rings. The average molecular weight is 503 g/mol. The van der Waals surface area contributed by atoms with E-state index >= 15 is 0 Å². The van der Waals surface area contributed by atoms with E-state index in [0.717, 1.165) is 12.0 Å². The molecule has 4 atom stereocenters. The lowest BCUT2D eigenvalue weighted by Gasteiger charge is -2.36. The van der Waals surface area contributed by atoms with Gasteiger partial charge in [0.25, 0.3) is 0 Å². The molecule has 0 aromatic heterocycles. The molecule has 1 aromatic carbocycles. The van der Waals surface area contributed by atoms with Crippen LogP contribution in [0.15, 0.2) is 30.3 Å². The predicted molar refractivity (Wildman–Crippen MR) is 128 cm³/mol. The van der Waals surface area contributed by atoms with Crippen molar-refractivity contribution in [3.05, 3.63) is 35.9 Å². The van der Waals surface area contributed by atoms with Gasteiger partial charge in [-0.15, -0.1) is 0 Å². The van der Waals surface area contributed by atoms with E-state index in [1.54, 1.807) is 24.3 Å². The normalized spacial score (nSPS) is 22.0. The molecule has 3 rings (SSSR count). The Morgan fingerprint density at radius 1 is 1.11 bits per heavy atom. The van der Waals surface area contributed by atoms with Crippen molar-refractivity contribution in [3.8, 4) is 0 Å². The number of carboxylic acids is 1. The summed E-state index contributed by atoms with van der Waals surface area (Å²) in [7, 11) is 0. The van der Waals surface area contributed by atoms with E-state index in [0.29, 0.717) is 25.4 Å². The van der Waals surface area contributed by atoms with Gasteiger partial charge < -0.3 is 30.7 Å². The summed E-state index contributed by atoms with van der Waals surface area (Å²) in [5.41, 5.74) is 0.772. The molecule has 0 radical (unpaired) electrons. The summed E-state index contributed by atoms with van der Waals surface area (Å²) in [5.74, 6) is -2.86. The summed E-state index contributed by atoms with van der Waals surface area (Å²) in [4.78, 5) is 63.3. The fourth-order valence-corrected chi connectivity index (χ4v) is 4.67. The number of amides is 4. The van der Waals surface area contributed by atoms with Crippen LogP contribution in [0, 0.1) is 11.8 Å². The molecule has 2 saturated heterocycles. The number of hydrogen-bond acceptors (Lipinski definition) is 6. The van der Waals surface area contributed by atoms with Gasteiger partial charge in [-0.3, -0.25) is 24.0 Å². The van der Waals surface area contributed by atoms with Crippen molar-refractivity contribution in [1.82, 2.24) is 20.9 Å². The lowest BCUT2D eigenvalue weighted by atomic mass is 9.96. The lowest BCUT2D eigenvalue weighted by Crippen LogP contribution is -2.56. The minimum Gasteiger partial charge on any atom is -0.480 e. The molecule has 1 aromatic rings. The van der Waals surface area contributed by atoms with Crippen LogP contribution in [0.1, 0.15) is 38.7 Å². The number of rotatable bonds is 11. The number of carboxylic acid groups (broad SMARTS) is 1. The van der Waals surface area contributed by atoms with E-state index in [1.807, 2.05) is 19.9 Å². The van der Waals surface area contributed by atoms with Gasteiger partial charge in [0, 0.05) is 25.2 Å². The first-order chi connectivity index (χ1) is 17.2. The number of carbonyl (C=O) groups is 5. The molecule has 2 aliphatic heterocycles. The predicted octanol–water partition coefficient (Wildman–Crippen LogP) is 0.0405. The van der Waals surface area contributed by atoms with Gasteiger partial charge in [0.15, 0.2) is 0 Å². The molecule has 11 nitrogen and oxygen atoms in total. The summed E-state index contributed by atoms with van der Waals surface area (Å²) >= 11 is 0. The highest BCUT2D eigenvalue weighted by Crippen LogP contribution is 2.35. The van der Waals surface area contributed by atoms with Crippen molar-refractivity contribution in [1.29, 1.82) is 0 Å². The van der Waals surface area contributed by atoms with Gasteiger partial charge in [-0.25, -0.2) is 0 Å². The standard InChI is InChI=1S/C25H34N4O7/c1-15(2)10-17-12-21-29(25(17)35)19(8-9-36-21)24(34)26-13-20(30)28-18(23(33)27-14-22(31)32)11-16-6-4-3-5-7-16/h3-7,15,17-19,21H,8-14H2,1-2H3,(H,26,34)(H,27,33)(H,28,30)(H,31,32)/t17?,18-,19-,21-/m0/s1. The highest BCUT2D eigenvalue weighted by Gasteiger charge is 2.47. The molecule has 0 saturated carbocycles. The molecule has 2 fully saturated rings. The fourth-order valence-electron chi connectivity index (χ4n) is 4.67. The minimum absolute atomic E-state index is 0.101. The molecular weight excluding hydrogens is 468 g/mol. The topological polar surface area (TPSA) is 154 Å². The zero-order chi connectivity index (χ0) is 26.2. The van der Waals surface area contributed by atoms with Crippen molar-refractivity contribution >= 4 is 29.6 Å². The molecule has 36 heavy (non-hydrogen) atoms. The summed E-state index contributed by atoms with van der Waals surface area (Å²) in [5, 5.41) is 16.3. The lowest BCUT2D eigenvalue weighted by molar-refractivity contribution is -0.159. The number of benzene rings is 1. The van der Waals surface area contributed by atoms with Crippen molar-refractivity contribution in [2.45, 2.75) is 57.8 Å². The quantitative estimate of drug-likeness (QED) is 0.333. The van der Waals surface area contributed by atoms with Crippen molar-refractivity contribution in [2.24, 2.45) is 11.8 Å². The molecule has 1 unspecified atom stereocenters. The molecule has 0 bridgehead atoms. The Labute approximate surface area is 209 Å². The van der Waals surface area contributed by atoms with Gasteiger partial charge in [0.2, 0.25) is 23.6 Å². The third-order valence-electron chi connectivity index (χ3n) is 6.27. The average Bonchev–Trinajstić information content (AvgIpc) is 3.15. The van der Waals surface area contributed by atoms with Crippen LogP contribution < -0.4 is 16.0 Å². The summed E-state index contributed by atoms with van der Waals surface area (Å²) < 4.78 is 5.73. The van der Waals surface area contributed by atoms with Crippen LogP contribution in [-0.2, 0) is 35.1 Å². The summed E-state index contributed by atoms with van der Waals surface area (Å²) in [6.45, 7) is 3.46. The van der Waals surface area contributed by atoms with Gasteiger partial charge in [-0.2, -0.15) is 0 Å². The first-order valence-electron chi connectivity index (χ1n) is 12.2. The van der Waals surface area contributed by atoms with Crippen LogP contribution in [0.2, 0.25) is 0 Å². The van der Waals surface area contributed by atoms with E-state index < -0.39 is 55.1 Å². The Morgan fingerprint density at radius 2 is 1.83 bits per heavy atom. The highest BCUT2D eigenvalue weighted by molar-refractivity contribution is 5.94. The van der Waals surface area contributed by atoms with E-state index in [-0.39, 0.29) is 18.2 Å². The largest absolute Gasteiger partial charge is 0.480 e. The van der Waals surface area contributed by atoms with Crippen LogP contribution in [-0.4, -0.2) is 77.6 Å². The molecule has 196 valence electrons. The van der Waals surface area contributed by atoms with Crippen LogP contribution in [0.25, 0.3) is 0 Å². The molecule has 0 aliphatic carbocycles. The number of hydrogen-bond donors (Lipinski definition) is 4. The van der Waals surface area contributed by atoms with Crippen molar-refractivity contribution < 1.29 is 33.8 Å². The van der Waals surface area contributed by atoms with Crippen LogP contribution in [0.3, 0.4) is 0 Å². The fraction of sp³-hybridized carbons (Fsp3) is 0.560. The van der Waals surface area contributed by atoms with Crippen molar-refractivity contribution in [3.63, 3.8) is 0 Å². The number of carbonyl (C=O) groups excluding carboxylic acids is 4. The Balaban J connectivity index is 1.58. The maximum Gasteiger partial charge on any atom is 0.322 e. The van der Waals surface area contributed by atoms with Crippen molar-refractivity contribution in [2.75, 3.05) is 19.7 Å². The Kier molecular flexibility index (Phi) is 9.40. The minimum atomic E-state index is -1.21. The molecular formula is C25H34N4O7. The van der Waals surface area contributed by atoms with Gasteiger partial charge in [0.1, 0.15) is 24.9 Å². The van der Waals surface area contributed by atoms with Crippen LogP contribution in [0.4, 0.5) is 0 Å². The summed E-state index contributed by atoms with van der Waals surface area (Å²) in [6.07, 6.45) is 1.31. The Morgan fingerprint density at radius 3 is 2.50 bits per heavy atom. The third kappa shape index (κ3) is 7.27. The number of nitrogens with one attached hydrogen (secondary N) is 3. The monoisotopic (exact) mass is 502 g/mol. The van der Waals surface area contributed by atoms with E-state index in [2.05, 4.69) is 16.0 Å². The zero-order valence-corrected chi connectivity index (χ0v) is 20.6. The van der Waals surface area contributed by atoms with Crippen LogP contribution >= 0.6 is 0 Å². The van der Waals surface area contributed by atoms with E-state index in [9.17, 15) is 24.0 Å². The third-order valence-corrected chi connectivity index (χ3v) is 6.27. The first-order valence-corrected chi connectivity index (χ1v) is 12.2. The van der Waals surface area contributed by atoms with Gasteiger partial charge in [-0.1, -0.05) is 44.2 Å². The van der Waals surface area contributed by atoms with Gasteiger partial charge in [-0.05, 0) is 17.9 Å². The molecule has 11 heteroatoms. The summed E-state index contributed by atoms with van der Waals surface area (Å²) in [6, 6.07) is 7.21. The second-order valence-corrected chi connectivity index (χ2v) is 9.58. The smallest absolute Gasteiger partial charge is 0.322 e. The molecule has 0 spiro atoms. The molecule has 4 amide bonds. The maximum absolute atomic E-state index is 12.9. The maximum atomic E-state index is 12.9. The second-order valence-electron chi connectivity index (χ2n) is 9.58. The van der Waals surface area contributed by atoms with Gasteiger partial charge >= 0.3 is 5.97 Å². The molecule has 4 N–H and O–H groups in total. The van der Waals surface area contributed by atoms with Gasteiger partial charge in [0.05, 0.1) is 13.2 Å².